The molecule has 0 amide bonds. The molecule has 1 heterocycles. The lowest BCUT2D eigenvalue weighted by Crippen LogP contribution is -2.30. The Labute approximate surface area is 146 Å². The summed E-state index contributed by atoms with van der Waals surface area (Å²) in [6.45, 7) is 3.13. The molecule has 0 aliphatic carbocycles. The van der Waals surface area contributed by atoms with E-state index in [9.17, 15) is 9.59 Å². The topological polar surface area (TPSA) is 179 Å². The molecule has 0 bridgehead atoms. The van der Waals surface area contributed by atoms with E-state index in [-0.39, 0.29) is 0 Å². The molecule has 142 valence electrons. The van der Waals surface area contributed by atoms with Crippen molar-refractivity contribution in [2.75, 3.05) is 23.7 Å². The van der Waals surface area contributed by atoms with E-state index in [1.54, 1.807) is 0 Å². The minimum Gasteiger partial charge on any atom is -0.480 e. The third-order valence-corrected chi connectivity index (χ3v) is 3.74. The van der Waals surface area contributed by atoms with E-state index < -0.39 is 24.0 Å². The number of nitrogens with zero attached hydrogens (tertiary/aromatic N) is 1. The summed E-state index contributed by atoms with van der Waals surface area (Å²) < 4.78 is 0. The van der Waals surface area contributed by atoms with Crippen LogP contribution in [0, 0.1) is 6.92 Å². The Bertz CT molecular complexity index is 562. The van der Waals surface area contributed by atoms with Crippen LogP contribution in [0.15, 0.2) is 0 Å². The molecule has 10 nitrogen and oxygen atoms in total. The van der Waals surface area contributed by atoms with Gasteiger partial charge in [-0.3, -0.25) is 9.59 Å². The molecule has 25 heavy (non-hydrogen) atoms. The number of anilines is 2. The van der Waals surface area contributed by atoms with Crippen molar-refractivity contribution < 1.29 is 19.8 Å². The average molecular weight is 356 g/mol. The Morgan fingerprint density at radius 2 is 1.60 bits per heavy atom. The van der Waals surface area contributed by atoms with E-state index in [1.807, 2.05) is 6.92 Å². The summed E-state index contributed by atoms with van der Waals surface area (Å²) in [6.07, 6.45) is 2.98. The van der Waals surface area contributed by atoms with Crippen LogP contribution in [0.5, 0.6) is 0 Å². The van der Waals surface area contributed by atoms with Gasteiger partial charge < -0.3 is 37.3 Å². The first-order chi connectivity index (χ1) is 11.8. The third-order valence-electron chi connectivity index (χ3n) is 3.74. The van der Waals surface area contributed by atoms with E-state index in [1.165, 1.54) is 0 Å². The van der Waals surface area contributed by atoms with Crippen LogP contribution in [-0.2, 0) is 9.59 Å². The average Bonchev–Trinajstić information content (AvgIpc) is 2.90. The van der Waals surface area contributed by atoms with Crippen LogP contribution in [0.1, 0.15) is 37.8 Å². The number of aromatic amines is 1. The molecule has 0 aliphatic rings. The number of imidazole rings is 1. The van der Waals surface area contributed by atoms with Crippen LogP contribution in [0.25, 0.3) is 0 Å². The van der Waals surface area contributed by atoms with Gasteiger partial charge in [0.2, 0.25) is 5.95 Å². The summed E-state index contributed by atoms with van der Waals surface area (Å²) in [5.41, 5.74) is 11.8. The number of aromatic nitrogens is 2. The molecule has 0 aromatic carbocycles. The Morgan fingerprint density at radius 1 is 1.04 bits per heavy atom. The van der Waals surface area contributed by atoms with Crippen molar-refractivity contribution in [3.05, 3.63) is 5.69 Å². The Balaban J connectivity index is 2.24. The number of carbonyl (C=O) groups is 2. The lowest BCUT2D eigenvalue weighted by atomic mass is 10.1. The quantitative estimate of drug-likeness (QED) is 0.245. The third kappa shape index (κ3) is 7.86. The zero-order valence-electron chi connectivity index (χ0n) is 14.4. The van der Waals surface area contributed by atoms with E-state index in [2.05, 4.69) is 20.6 Å². The van der Waals surface area contributed by atoms with Gasteiger partial charge in [0.25, 0.3) is 0 Å². The number of hydrogen-bond donors (Lipinski definition) is 7. The second-order valence-electron chi connectivity index (χ2n) is 5.94. The molecule has 0 spiro atoms. The van der Waals surface area contributed by atoms with Gasteiger partial charge in [0.05, 0.1) is 5.69 Å². The van der Waals surface area contributed by atoms with Crippen molar-refractivity contribution in [3.63, 3.8) is 0 Å². The lowest BCUT2D eigenvalue weighted by Gasteiger charge is -2.07. The largest absolute Gasteiger partial charge is 0.480 e. The monoisotopic (exact) mass is 356 g/mol. The first-order valence-electron chi connectivity index (χ1n) is 8.32. The number of nitrogens with one attached hydrogen (secondary N) is 3. The first kappa shape index (κ1) is 20.7. The fourth-order valence-electron chi connectivity index (χ4n) is 2.19. The highest BCUT2D eigenvalue weighted by Gasteiger charge is 2.12. The van der Waals surface area contributed by atoms with E-state index in [0.717, 1.165) is 24.4 Å². The van der Waals surface area contributed by atoms with Crippen molar-refractivity contribution in [1.29, 1.82) is 0 Å². The van der Waals surface area contributed by atoms with Gasteiger partial charge in [0.1, 0.15) is 17.9 Å². The molecule has 0 saturated heterocycles. The number of unbranched alkanes of at least 4 members (excludes halogenated alkanes) is 1. The summed E-state index contributed by atoms with van der Waals surface area (Å²) in [5.74, 6) is -0.634. The minimum atomic E-state index is -0.996. The molecule has 9 N–H and O–H groups in total. The highest BCUT2D eigenvalue weighted by Crippen LogP contribution is 2.14. The number of carboxylic acid groups (broad SMARTS) is 2. The second kappa shape index (κ2) is 10.5. The predicted molar refractivity (Wildman–Crippen MR) is 94.6 cm³/mol. The Kier molecular flexibility index (Phi) is 8.71. The fourth-order valence-corrected chi connectivity index (χ4v) is 2.19. The molecule has 10 heteroatoms. The summed E-state index contributed by atoms with van der Waals surface area (Å²) >= 11 is 0. The summed E-state index contributed by atoms with van der Waals surface area (Å²) in [4.78, 5) is 28.7. The first-order valence-corrected chi connectivity index (χ1v) is 8.32. The van der Waals surface area contributed by atoms with Gasteiger partial charge in [0, 0.05) is 13.1 Å². The zero-order chi connectivity index (χ0) is 18.8. The molecule has 0 saturated carbocycles. The van der Waals surface area contributed by atoms with Crippen LogP contribution in [-0.4, -0.2) is 57.3 Å². The molecular weight excluding hydrogens is 328 g/mol. The highest BCUT2D eigenvalue weighted by molar-refractivity contribution is 5.73. The Hall–Kier alpha value is -2.33. The van der Waals surface area contributed by atoms with Gasteiger partial charge in [-0.1, -0.05) is 0 Å². The van der Waals surface area contributed by atoms with Crippen LogP contribution < -0.4 is 22.1 Å². The molecule has 2 unspecified atom stereocenters. The maximum absolute atomic E-state index is 10.6. The predicted octanol–water partition coefficient (Wildman–Crippen LogP) is 0.316. The summed E-state index contributed by atoms with van der Waals surface area (Å²) in [5, 5.41) is 23.7. The summed E-state index contributed by atoms with van der Waals surface area (Å²) in [7, 11) is 0. The number of H-pyrrole nitrogens is 1. The minimum absolute atomic E-state index is 0.394. The SMILES string of the molecule is Cc1[nH]c(NCCCC(N)C(=O)O)nc1NCCCCC(N)C(=O)O. The maximum Gasteiger partial charge on any atom is 0.320 e. The lowest BCUT2D eigenvalue weighted by molar-refractivity contribution is -0.139. The van der Waals surface area contributed by atoms with Crippen LogP contribution in [0.2, 0.25) is 0 Å². The fraction of sp³-hybridized carbons (Fsp3) is 0.667. The van der Waals surface area contributed by atoms with Gasteiger partial charge in [0.15, 0.2) is 0 Å². The van der Waals surface area contributed by atoms with Gasteiger partial charge in [-0.25, -0.2) is 0 Å². The smallest absolute Gasteiger partial charge is 0.320 e. The Morgan fingerprint density at radius 3 is 2.20 bits per heavy atom. The van der Waals surface area contributed by atoms with Crippen molar-refractivity contribution in [3.8, 4) is 0 Å². The molecule has 0 fully saturated rings. The molecule has 0 radical (unpaired) electrons. The highest BCUT2D eigenvalue weighted by atomic mass is 16.4. The van der Waals surface area contributed by atoms with Gasteiger partial charge in [-0.15, -0.1) is 0 Å². The molecule has 1 aromatic heterocycles. The molecule has 1 aromatic rings. The van der Waals surface area contributed by atoms with E-state index in [4.69, 9.17) is 21.7 Å². The number of hydrogen-bond acceptors (Lipinski definition) is 7. The summed E-state index contributed by atoms with van der Waals surface area (Å²) in [6, 6.07) is -1.65. The van der Waals surface area contributed by atoms with Crippen LogP contribution in [0.3, 0.4) is 0 Å². The van der Waals surface area contributed by atoms with Crippen molar-refractivity contribution in [2.45, 2.75) is 51.1 Å². The normalized spacial score (nSPS) is 13.2. The van der Waals surface area contributed by atoms with Crippen LogP contribution in [0.4, 0.5) is 11.8 Å². The number of aryl methyl sites for hydroxylation is 1. The van der Waals surface area contributed by atoms with Crippen molar-refractivity contribution >= 4 is 23.7 Å². The zero-order valence-corrected chi connectivity index (χ0v) is 14.4. The molecule has 0 aliphatic heterocycles. The maximum atomic E-state index is 10.6. The van der Waals surface area contributed by atoms with Gasteiger partial charge in [-0.2, -0.15) is 4.98 Å². The number of aliphatic carboxylic acids is 2. The van der Waals surface area contributed by atoms with Crippen molar-refractivity contribution in [1.82, 2.24) is 9.97 Å². The van der Waals surface area contributed by atoms with E-state index in [0.29, 0.717) is 38.3 Å². The second-order valence-corrected chi connectivity index (χ2v) is 5.94. The number of rotatable bonds is 13. The van der Waals surface area contributed by atoms with E-state index >= 15 is 0 Å². The number of nitrogens with two attached hydrogens (primary N) is 2. The van der Waals surface area contributed by atoms with Crippen LogP contribution >= 0.6 is 0 Å². The standard InChI is InChI=1S/C15H28N6O4/c1-9-12(18-7-3-2-5-10(16)13(22)23)21-15(20-9)19-8-4-6-11(17)14(24)25/h10-11,18H,2-8,16-17H2,1H3,(H,22,23)(H,24,25)(H2,19,20,21). The molecule has 1 rings (SSSR count). The van der Waals surface area contributed by atoms with Crippen molar-refractivity contribution in [2.24, 2.45) is 11.5 Å². The molecular formula is C15H28N6O4. The van der Waals surface area contributed by atoms with Gasteiger partial charge >= 0.3 is 11.9 Å². The number of carboxylic acids is 2. The molecule has 2 atom stereocenters. The van der Waals surface area contributed by atoms with Gasteiger partial charge in [-0.05, 0) is 39.0 Å².